The van der Waals surface area contributed by atoms with E-state index in [2.05, 4.69) is 25.3 Å². The molecule has 0 spiro atoms. The number of hydrogen-bond donors (Lipinski definition) is 1. The fraction of sp³-hybridized carbons (Fsp3) is 0.364. The van der Waals surface area contributed by atoms with Gasteiger partial charge in [0.15, 0.2) is 0 Å². The van der Waals surface area contributed by atoms with Gasteiger partial charge < -0.3 is 14.7 Å². The molecule has 1 aromatic carbocycles. The molecule has 2 aromatic heterocycles. The van der Waals surface area contributed by atoms with Gasteiger partial charge in [0.25, 0.3) is 0 Å². The first-order valence-corrected chi connectivity index (χ1v) is 10.0. The Kier molecular flexibility index (Phi) is 5.84. The minimum absolute atomic E-state index is 0.101. The molecule has 7 nitrogen and oxygen atoms in total. The fourth-order valence-electron chi connectivity index (χ4n) is 3.64. The summed E-state index contributed by atoms with van der Waals surface area (Å²) in [6.07, 6.45) is 5.95. The van der Waals surface area contributed by atoms with Crippen molar-refractivity contribution < 1.29 is 9.32 Å². The van der Waals surface area contributed by atoms with Gasteiger partial charge in [0.05, 0.1) is 12.5 Å². The summed E-state index contributed by atoms with van der Waals surface area (Å²) in [6, 6.07) is 13.6. The second-order valence-electron chi connectivity index (χ2n) is 7.33. The summed E-state index contributed by atoms with van der Waals surface area (Å²) >= 11 is 0. The van der Waals surface area contributed by atoms with Crippen LogP contribution in [0.25, 0.3) is 11.4 Å². The number of amides is 1. The maximum Gasteiger partial charge on any atom is 0.229 e. The Labute approximate surface area is 170 Å². The normalized spacial score (nSPS) is 15.1. The average Bonchev–Trinajstić information content (AvgIpc) is 3.23. The van der Waals surface area contributed by atoms with Gasteiger partial charge in [-0.3, -0.25) is 4.79 Å². The summed E-state index contributed by atoms with van der Waals surface area (Å²) in [5.74, 6) is 1.87. The van der Waals surface area contributed by atoms with Crippen LogP contribution in [0.4, 0.5) is 5.82 Å². The van der Waals surface area contributed by atoms with Crippen molar-refractivity contribution in [1.82, 2.24) is 20.4 Å². The highest BCUT2D eigenvalue weighted by molar-refractivity contribution is 5.73. The van der Waals surface area contributed by atoms with Crippen molar-refractivity contribution in [2.75, 3.05) is 18.0 Å². The van der Waals surface area contributed by atoms with Crippen LogP contribution >= 0.6 is 0 Å². The molecule has 1 unspecified atom stereocenters. The van der Waals surface area contributed by atoms with E-state index in [1.807, 2.05) is 42.5 Å². The van der Waals surface area contributed by atoms with Gasteiger partial charge in [-0.1, -0.05) is 35.5 Å². The Hall–Kier alpha value is -3.22. The van der Waals surface area contributed by atoms with Crippen LogP contribution in [0.2, 0.25) is 0 Å². The van der Waals surface area contributed by atoms with Crippen molar-refractivity contribution in [3.8, 4) is 11.4 Å². The summed E-state index contributed by atoms with van der Waals surface area (Å²) < 4.78 is 5.45. The van der Waals surface area contributed by atoms with Gasteiger partial charge in [-0.25, -0.2) is 4.98 Å². The molecular formula is C22H25N5O2. The molecular weight excluding hydrogens is 366 g/mol. The topological polar surface area (TPSA) is 84.2 Å². The number of aromatic nitrogens is 3. The number of pyridine rings is 1. The van der Waals surface area contributed by atoms with Crippen molar-refractivity contribution in [1.29, 1.82) is 0 Å². The highest BCUT2D eigenvalue weighted by Crippen LogP contribution is 2.23. The molecule has 1 atom stereocenters. The predicted octanol–water partition coefficient (Wildman–Crippen LogP) is 3.54. The van der Waals surface area contributed by atoms with E-state index in [1.54, 1.807) is 6.20 Å². The maximum atomic E-state index is 11.6. The molecule has 0 radical (unpaired) electrons. The first kappa shape index (κ1) is 19.1. The van der Waals surface area contributed by atoms with Crippen molar-refractivity contribution in [3.63, 3.8) is 0 Å². The van der Waals surface area contributed by atoms with Crippen LogP contribution in [0.5, 0.6) is 0 Å². The second-order valence-corrected chi connectivity index (χ2v) is 7.33. The zero-order chi connectivity index (χ0) is 20.1. The monoisotopic (exact) mass is 391 g/mol. The number of benzene rings is 1. The number of nitrogens with one attached hydrogen (secondary N) is 1. The van der Waals surface area contributed by atoms with Crippen LogP contribution in [0.15, 0.2) is 53.2 Å². The number of rotatable bonds is 6. The van der Waals surface area contributed by atoms with Gasteiger partial charge in [-0.05, 0) is 37.0 Å². The van der Waals surface area contributed by atoms with Crippen LogP contribution in [0, 0.1) is 0 Å². The minimum Gasteiger partial charge on any atom is -0.357 e. The Morgan fingerprint density at radius 3 is 2.62 bits per heavy atom. The van der Waals surface area contributed by atoms with E-state index in [0.717, 1.165) is 30.0 Å². The van der Waals surface area contributed by atoms with E-state index in [9.17, 15) is 4.79 Å². The number of carbonyl (C=O) groups excluding carboxylic acids is 1. The SMILES string of the molecule is CC(=O)NC(Cc1nc(-c2ccc(N3CCCCC3)nc2)no1)c1ccccc1. The van der Waals surface area contributed by atoms with E-state index in [-0.39, 0.29) is 11.9 Å². The lowest BCUT2D eigenvalue weighted by Crippen LogP contribution is -2.29. The number of hydrogen-bond acceptors (Lipinski definition) is 6. The Morgan fingerprint density at radius 1 is 1.14 bits per heavy atom. The molecule has 7 heteroatoms. The summed E-state index contributed by atoms with van der Waals surface area (Å²) in [4.78, 5) is 23.0. The fourth-order valence-corrected chi connectivity index (χ4v) is 3.64. The molecule has 1 aliphatic heterocycles. The van der Waals surface area contributed by atoms with Gasteiger partial charge in [0.2, 0.25) is 17.6 Å². The van der Waals surface area contributed by atoms with Gasteiger partial charge >= 0.3 is 0 Å². The molecule has 0 bridgehead atoms. The van der Waals surface area contributed by atoms with Gasteiger partial charge in [0.1, 0.15) is 5.82 Å². The number of carbonyl (C=O) groups is 1. The third kappa shape index (κ3) is 4.80. The molecule has 1 N–H and O–H groups in total. The lowest BCUT2D eigenvalue weighted by Gasteiger charge is -2.27. The summed E-state index contributed by atoms with van der Waals surface area (Å²) in [5.41, 5.74) is 1.81. The molecule has 3 heterocycles. The molecule has 29 heavy (non-hydrogen) atoms. The third-order valence-electron chi connectivity index (χ3n) is 5.11. The van der Waals surface area contributed by atoms with Crippen LogP contribution in [0.1, 0.15) is 43.7 Å². The quantitative estimate of drug-likeness (QED) is 0.692. The highest BCUT2D eigenvalue weighted by atomic mass is 16.5. The zero-order valence-corrected chi connectivity index (χ0v) is 16.5. The molecule has 1 fully saturated rings. The van der Waals surface area contributed by atoms with E-state index in [4.69, 9.17) is 4.52 Å². The Balaban J connectivity index is 1.47. The van der Waals surface area contributed by atoms with Crippen molar-refractivity contribution in [2.45, 2.75) is 38.6 Å². The molecule has 1 saturated heterocycles. The van der Waals surface area contributed by atoms with Gasteiger partial charge in [-0.15, -0.1) is 0 Å². The summed E-state index contributed by atoms with van der Waals surface area (Å²) in [6.45, 7) is 3.62. The standard InChI is InChI=1S/C22H25N5O2/c1-16(28)24-19(17-8-4-2-5-9-17)14-21-25-22(26-29-21)18-10-11-20(23-15-18)27-12-6-3-7-13-27/h2,4-5,8-11,15,19H,3,6-7,12-14H2,1H3,(H,24,28). The minimum atomic E-state index is -0.221. The molecule has 0 aliphatic carbocycles. The molecule has 1 amide bonds. The zero-order valence-electron chi connectivity index (χ0n) is 16.5. The first-order valence-electron chi connectivity index (χ1n) is 10.0. The summed E-state index contributed by atoms with van der Waals surface area (Å²) in [5, 5.41) is 7.05. The number of piperidine rings is 1. The predicted molar refractivity (Wildman–Crippen MR) is 110 cm³/mol. The van der Waals surface area contributed by atoms with Gasteiger partial charge in [0, 0.05) is 31.8 Å². The van der Waals surface area contributed by atoms with Crippen molar-refractivity contribution in [3.05, 3.63) is 60.1 Å². The maximum absolute atomic E-state index is 11.6. The smallest absolute Gasteiger partial charge is 0.229 e. The highest BCUT2D eigenvalue weighted by Gasteiger charge is 2.19. The Morgan fingerprint density at radius 2 is 1.93 bits per heavy atom. The van der Waals surface area contributed by atoms with Crippen LogP contribution in [-0.2, 0) is 11.2 Å². The van der Waals surface area contributed by atoms with Crippen LogP contribution in [-0.4, -0.2) is 34.1 Å². The van der Waals surface area contributed by atoms with Gasteiger partial charge in [-0.2, -0.15) is 4.98 Å². The largest absolute Gasteiger partial charge is 0.357 e. The number of nitrogens with zero attached hydrogens (tertiary/aromatic N) is 4. The van der Waals surface area contributed by atoms with E-state index < -0.39 is 0 Å². The van der Waals surface area contributed by atoms with E-state index >= 15 is 0 Å². The van der Waals surface area contributed by atoms with Crippen molar-refractivity contribution >= 4 is 11.7 Å². The molecule has 3 aromatic rings. The van der Waals surface area contributed by atoms with Crippen molar-refractivity contribution in [2.24, 2.45) is 0 Å². The van der Waals surface area contributed by atoms with Crippen LogP contribution in [0.3, 0.4) is 0 Å². The third-order valence-corrected chi connectivity index (χ3v) is 5.11. The second kappa shape index (κ2) is 8.86. The molecule has 150 valence electrons. The average molecular weight is 391 g/mol. The lowest BCUT2D eigenvalue weighted by molar-refractivity contribution is -0.119. The molecule has 0 saturated carbocycles. The van der Waals surface area contributed by atoms with E-state index in [0.29, 0.717) is 18.1 Å². The first-order chi connectivity index (χ1) is 14.2. The molecule has 4 rings (SSSR count). The molecule has 1 aliphatic rings. The van der Waals surface area contributed by atoms with E-state index in [1.165, 1.54) is 26.2 Å². The van der Waals surface area contributed by atoms with Crippen LogP contribution < -0.4 is 10.2 Å². The number of anilines is 1. The Bertz CT molecular complexity index is 933. The summed E-state index contributed by atoms with van der Waals surface area (Å²) in [7, 11) is 0. The lowest BCUT2D eigenvalue weighted by atomic mass is 10.0.